The zero-order chi connectivity index (χ0) is 17.4. The number of para-hydroxylation sites is 1. The molecular weight excluding hydrogens is 310 g/mol. The summed E-state index contributed by atoms with van der Waals surface area (Å²) in [6, 6.07) is 12.2. The fraction of sp³-hybridized carbons (Fsp3) is 0.389. The van der Waals surface area contributed by atoms with Crippen LogP contribution in [0.2, 0.25) is 0 Å². The van der Waals surface area contributed by atoms with Gasteiger partial charge in [-0.25, -0.2) is 4.79 Å². The summed E-state index contributed by atoms with van der Waals surface area (Å²) in [5, 5.41) is 22.6. The minimum atomic E-state index is -1.27. The molecule has 0 unspecified atom stereocenters. The Hall–Kier alpha value is -2.31. The number of aliphatic hydroxyl groups excluding tert-OH is 2. The topological polar surface area (TPSA) is 91.9 Å². The number of carbonyl (C=O) groups excluding carboxylic acids is 1. The Morgan fingerprint density at radius 2 is 1.96 bits per heavy atom. The molecule has 0 saturated heterocycles. The molecule has 24 heavy (non-hydrogen) atoms. The zero-order valence-electron chi connectivity index (χ0n) is 13.6. The van der Waals surface area contributed by atoms with Crippen LogP contribution in [0.4, 0.5) is 10.5 Å². The van der Waals surface area contributed by atoms with Crippen LogP contribution in [0.5, 0.6) is 0 Å². The van der Waals surface area contributed by atoms with Crippen molar-refractivity contribution in [1.82, 2.24) is 0 Å². The molecule has 1 amide bonds. The molecule has 0 radical (unpaired) electrons. The van der Waals surface area contributed by atoms with E-state index in [1.807, 2.05) is 6.07 Å². The largest absolute Gasteiger partial charge is 0.463 e. The van der Waals surface area contributed by atoms with Crippen LogP contribution in [-0.4, -0.2) is 29.0 Å². The maximum absolute atomic E-state index is 11.6. The van der Waals surface area contributed by atoms with Crippen LogP contribution in [0, 0.1) is 0 Å². The van der Waals surface area contributed by atoms with Gasteiger partial charge in [0.05, 0.1) is 0 Å². The highest BCUT2D eigenvalue weighted by molar-refractivity contribution is 5.84. The smallest absolute Gasteiger partial charge is 0.411 e. The number of aryl methyl sites for hydroxylation is 1. The van der Waals surface area contributed by atoms with Crippen molar-refractivity contribution in [1.29, 1.82) is 0 Å². The summed E-state index contributed by atoms with van der Waals surface area (Å²) in [6.07, 6.45) is -0.382. The first-order chi connectivity index (χ1) is 11.6. The van der Waals surface area contributed by atoms with Crippen molar-refractivity contribution < 1.29 is 24.2 Å². The van der Waals surface area contributed by atoms with Crippen molar-refractivity contribution in [2.24, 2.45) is 0 Å². The normalized spacial score (nSPS) is 13.3. The number of aliphatic hydroxyl groups is 2. The maximum Gasteiger partial charge on any atom is 0.411 e. The van der Waals surface area contributed by atoms with E-state index in [-0.39, 0.29) is 12.4 Å². The van der Waals surface area contributed by atoms with E-state index in [1.54, 1.807) is 36.4 Å². The number of furan rings is 1. The van der Waals surface area contributed by atoms with Crippen LogP contribution in [0.15, 0.2) is 46.9 Å². The van der Waals surface area contributed by atoms with E-state index in [9.17, 15) is 15.0 Å². The van der Waals surface area contributed by atoms with E-state index in [0.717, 1.165) is 25.0 Å². The van der Waals surface area contributed by atoms with Crippen LogP contribution < -0.4 is 5.32 Å². The second-order valence-electron chi connectivity index (χ2n) is 5.51. The van der Waals surface area contributed by atoms with Crippen LogP contribution >= 0.6 is 0 Å². The molecule has 2 aromatic rings. The van der Waals surface area contributed by atoms with Gasteiger partial charge in [0.25, 0.3) is 0 Å². The van der Waals surface area contributed by atoms with Crippen molar-refractivity contribution >= 4 is 11.8 Å². The summed E-state index contributed by atoms with van der Waals surface area (Å²) in [7, 11) is 0. The first-order valence-corrected chi connectivity index (χ1v) is 8.03. The number of ether oxygens (including phenoxy) is 1. The van der Waals surface area contributed by atoms with Crippen molar-refractivity contribution in [2.45, 2.75) is 38.4 Å². The number of anilines is 1. The molecule has 0 bridgehead atoms. The van der Waals surface area contributed by atoms with E-state index in [1.165, 1.54) is 0 Å². The van der Waals surface area contributed by atoms with Crippen molar-refractivity contribution in [3.63, 3.8) is 0 Å². The Morgan fingerprint density at radius 1 is 1.21 bits per heavy atom. The van der Waals surface area contributed by atoms with Gasteiger partial charge in [-0.1, -0.05) is 31.5 Å². The number of hydrogen-bond donors (Lipinski definition) is 3. The lowest BCUT2D eigenvalue weighted by molar-refractivity contribution is -0.0281. The fourth-order valence-electron chi connectivity index (χ4n) is 2.16. The minimum absolute atomic E-state index is 0.265. The standard InChI is InChI=1S/C18H23NO5/c1-2-3-9-14-10-11-16(24-14)17(21)15(20)12-23-18(22)19-13-7-5-4-6-8-13/h4-8,10-11,15,17,20-21H,2-3,9,12H2,1H3,(H,19,22)/t15-,17+/m1/s1. The highest BCUT2D eigenvalue weighted by Gasteiger charge is 2.23. The Kier molecular flexibility index (Phi) is 6.84. The molecule has 6 nitrogen and oxygen atoms in total. The lowest BCUT2D eigenvalue weighted by Crippen LogP contribution is -2.27. The van der Waals surface area contributed by atoms with Gasteiger partial charge in [-0.3, -0.25) is 5.32 Å². The number of carbonyl (C=O) groups is 1. The molecule has 0 fully saturated rings. The number of amides is 1. The molecule has 0 spiro atoms. The van der Waals surface area contributed by atoms with Crippen LogP contribution in [0.1, 0.15) is 37.4 Å². The molecule has 0 saturated carbocycles. The lowest BCUT2D eigenvalue weighted by atomic mass is 10.1. The summed E-state index contributed by atoms with van der Waals surface area (Å²) in [5.74, 6) is 1.03. The SMILES string of the molecule is CCCCc1ccc([C@@H](O)[C@H](O)COC(=O)Nc2ccccc2)o1. The highest BCUT2D eigenvalue weighted by Crippen LogP contribution is 2.21. The number of benzene rings is 1. The van der Waals surface area contributed by atoms with E-state index >= 15 is 0 Å². The van der Waals surface area contributed by atoms with Gasteiger partial charge in [-0.05, 0) is 30.7 Å². The van der Waals surface area contributed by atoms with Crippen molar-refractivity contribution in [3.8, 4) is 0 Å². The molecule has 1 heterocycles. The first kappa shape index (κ1) is 18.0. The monoisotopic (exact) mass is 333 g/mol. The lowest BCUT2D eigenvalue weighted by Gasteiger charge is -2.16. The summed E-state index contributed by atoms with van der Waals surface area (Å²) >= 11 is 0. The average Bonchev–Trinajstić information content (AvgIpc) is 3.07. The van der Waals surface area contributed by atoms with Gasteiger partial charge in [0, 0.05) is 12.1 Å². The number of hydrogen-bond acceptors (Lipinski definition) is 5. The zero-order valence-corrected chi connectivity index (χ0v) is 13.6. The number of nitrogens with one attached hydrogen (secondary N) is 1. The third kappa shape index (κ3) is 5.40. The van der Waals surface area contributed by atoms with Gasteiger partial charge < -0.3 is 19.4 Å². The quantitative estimate of drug-likeness (QED) is 0.689. The second kappa shape index (κ2) is 9.10. The van der Waals surface area contributed by atoms with E-state index in [4.69, 9.17) is 9.15 Å². The summed E-state index contributed by atoms with van der Waals surface area (Å²) in [5.41, 5.74) is 0.587. The van der Waals surface area contributed by atoms with Crippen LogP contribution in [0.3, 0.4) is 0 Å². The highest BCUT2D eigenvalue weighted by atomic mass is 16.6. The average molecular weight is 333 g/mol. The Labute approximate surface area is 141 Å². The van der Waals surface area contributed by atoms with Crippen molar-refractivity contribution in [2.75, 3.05) is 11.9 Å². The molecular formula is C18H23NO5. The predicted molar refractivity (Wildman–Crippen MR) is 89.7 cm³/mol. The first-order valence-electron chi connectivity index (χ1n) is 8.03. The van der Waals surface area contributed by atoms with Gasteiger partial charge >= 0.3 is 6.09 Å². The Balaban J connectivity index is 1.79. The van der Waals surface area contributed by atoms with E-state index in [0.29, 0.717) is 5.69 Å². The van der Waals surface area contributed by atoms with Crippen molar-refractivity contribution in [3.05, 3.63) is 54.0 Å². The molecule has 0 aliphatic carbocycles. The molecule has 2 atom stereocenters. The van der Waals surface area contributed by atoms with E-state index in [2.05, 4.69) is 12.2 Å². The molecule has 1 aromatic carbocycles. The van der Waals surface area contributed by atoms with Crippen LogP contribution in [0.25, 0.3) is 0 Å². The molecule has 6 heteroatoms. The van der Waals surface area contributed by atoms with E-state index < -0.39 is 18.3 Å². The minimum Gasteiger partial charge on any atom is -0.463 e. The molecule has 0 aliphatic rings. The number of unbranched alkanes of at least 4 members (excludes halogenated alkanes) is 1. The molecule has 1 aromatic heterocycles. The number of rotatable bonds is 8. The summed E-state index contributed by atoms with van der Waals surface area (Å²) in [4.78, 5) is 11.6. The third-order valence-electron chi connectivity index (χ3n) is 3.52. The summed E-state index contributed by atoms with van der Waals surface area (Å²) < 4.78 is 10.4. The molecule has 130 valence electrons. The Bertz CT molecular complexity index is 625. The molecule has 2 rings (SSSR count). The van der Waals surface area contributed by atoms with Gasteiger partial charge in [0.1, 0.15) is 30.3 Å². The third-order valence-corrected chi connectivity index (χ3v) is 3.52. The second-order valence-corrected chi connectivity index (χ2v) is 5.51. The van der Waals surface area contributed by atoms with Gasteiger partial charge in [0.2, 0.25) is 0 Å². The summed E-state index contributed by atoms with van der Waals surface area (Å²) in [6.45, 7) is 1.74. The predicted octanol–water partition coefficient (Wildman–Crippen LogP) is 3.27. The maximum atomic E-state index is 11.6. The van der Waals surface area contributed by atoms with Crippen LogP contribution in [-0.2, 0) is 11.2 Å². The molecule has 0 aliphatic heterocycles. The van der Waals surface area contributed by atoms with Gasteiger partial charge in [-0.15, -0.1) is 0 Å². The molecule has 3 N–H and O–H groups in total. The Morgan fingerprint density at radius 3 is 2.67 bits per heavy atom. The van der Waals surface area contributed by atoms with Gasteiger partial charge in [-0.2, -0.15) is 0 Å². The van der Waals surface area contributed by atoms with Gasteiger partial charge in [0.15, 0.2) is 0 Å². The fourth-order valence-corrected chi connectivity index (χ4v) is 2.16.